The molecule has 1 atom stereocenters. The van der Waals surface area contributed by atoms with Gasteiger partial charge in [-0.15, -0.1) is 10.2 Å². The average Bonchev–Trinajstić information content (AvgIpc) is 3.06. The van der Waals surface area contributed by atoms with Crippen molar-refractivity contribution in [3.63, 3.8) is 0 Å². The standard InChI is InChI=1S/C15H21N3O3S/c1-9(2)5-7-16-13(19)11(4)22-15-18-17-14(21-15)12-6-8-20-10(12)3/h6,8-9,11H,5,7H2,1-4H3,(H,16,19). The molecule has 0 aromatic carbocycles. The van der Waals surface area contributed by atoms with Gasteiger partial charge in [0.15, 0.2) is 0 Å². The highest BCUT2D eigenvalue weighted by atomic mass is 32.2. The van der Waals surface area contributed by atoms with Crippen LogP contribution >= 0.6 is 11.8 Å². The summed E-state index contributed by atoms with van der Waals surface area (Å²) in [7, 11) is 0. The molecular formula is C15H21N3O3S. The van der Waals surface area contributed by atoms with Gasteiger partial charge < -0.3 is 14.2 Å². The second kappa shape index (κ2) is 7.49. The molecule has 0 bridgehead atoms. The Bertz CT molecular complexity index is 621. The predicted octanol–water partition coefficient (Wildman–Crippen LogP) is 3.28. The number of amides is 1. The Labute approximate surface area is 134 Å². The highest BCUT2D eigenvalue weighted by molar-refractivity contribution is 8.00. The Kier molecular flexibility index (Phi) is 5.65. The highest BCUT2D eigenvalue weighted by Gasteiger charge is 2.19. The van der Waals surface area contributed by atoms with Crippen LogP contribution in [-0.2, 0) is 4.79 Å². The van der Waals surface area contributed by atoms with Crippen molar-refractivity contribution in [2.24, 2.45) is 5.92 Å². The Hall–Kier alpha value is -1.76. The van der Waals surface area contributed by atoms with Crippen molar-refractivity contribution < 1.29 is 13.6 Å². The smallest absolute Gasteiger partial charge is 0.277 e. The number of nitrogens with one attached hydrogen (secondary N) is 1. The third-order valence-electron chi connectivity index (χ3n) is 3.16. The molecule has 1 N–H and O–H groups in total. The summed E-state index contributed by atoms with van der Waals surface area (Å²) < 4.78 is 10.8. The Balaban J connectivity index is 1.89. The minimum atomic E-state index is -0.286. The molecule has 7 heteroatoms. The van der Waals surface area contributed by atoms with Crippen LogP contribution in [0.2, 0.25) is 0 Å². The van der Waals surface area contributed by atoms with Crippen molar-refractivity contribution in [2.45, 2.75) is 44.6 Å². The van der Waals surface area contributed by atoms with Crippen LogP contribution in [0.4, 0.5) is 0 Å². The fraction of sp³-hybridized carbons (Fsp3) is 0.533. The Morgan fingerprint density at radius 3 is 2.77 bits per heavy atom. The van der Waals surface area contributed by atoms with Crippen molar-refractivity contribution in [1.82, 2.24) is 15.5 Å². The number of carbonyl (C=O) groups is 1. The van der Waals surface area contributed by atoms with Gasteiger partial charge in [-0.25, -0.2) is 0 Å². The number of hydrogen-bond donors (Lipinski definition) is 1. The summed E-state index contributed by atoms with van der Waals surface area (Å²) in [6.45, 7) is 8.59. The van der Waals surface area contributed by atoms with Gasteiger partial charge in [-0.2, -0.15) is 0 Å². The number of furan rings is 1. The predicted molar refractivity (Wildman–Crippen MR) is 84.5 cm³/mol. The lowest BCUT2D eigenvalue weighted by Gasteiger charge is -2.10. The SMILES string of the molecule is Cc1occc1-c1nnc(SC(C)C(=O)NCCC(C)C)o1. The summed E-state index contributed by atoms with van der Waals surface area (Å²) >= 11 is 1.25. The van der Waals surface area contributed by atoms with E-state index in [1.165, 1.54) is 11.8 Å². The first kappa shape index (κ1) is 16.6. The van der Waals surface area contributed by atoms with Gasteiger partial charge in [0, 0.05) is 6.54 Å². The van der Waals surface area contributed by atoms with Crippen LogP contribution in [0.5, 0.6) is 0 Å². The molecule has 120 valence electrons. The molecule has 6 nitrogen and oxygen atoms in total. The third kappa shape index (κ3) is 4.37. The quantitative estimate of drug-likeness (QED) is 0.788. The molecule has 0 aliphatic rings. The van der Waals surface area contributed by atoms with Crippen LogP contribution in [0, 0.1) is 12.8 Å². The zero-order chi connectivity index (χ0) is 16.1. The summed E-state index contributed by atoms with van der Waals surface area (Å²) in [6, 6.07) is 1.78. The van der Waals surface area contributed by atoms with Crippen LogP contribution < -0.4 is 5.32 Å². The fourth-order valence-corrected chi connectivity index (χ4v) is 2.51. The van der Waals surface area contributed by atoms with E-state index in [1.54, 1.807) is 12.3 Å². The minimum absolute atomic E-state index is 0.0232. The number of hydrogen-bond acceptors (Lipinski definition) is 6. The summed E-state index contributed by atoms with van der Waals surface area (Å²) in [6.07, 6.45) is 2.54. The molecule has 2 aromatic heterocycles. The molecular weight excluding hydrogens is 302 g/mol. The number of aromatic nitrogens is 2. The van der Waals surface area contributed by atoms with E-state index in [4.69, 9.17) is 8.83 Å². The zero-order valence-electron chi connectivity index (χ0n) is 13.3. The van der Waals surface area contributed by atoms with Gasteiger partial charge in [0.1, 0.15) is 5.76 Å². The summed E-state index contributed by atoms with van der Waals surface area (Å²) in [5, 5.41) is 11.0. The van der Waals surface area contributed by atoms with Crippen LogP contribution in [0.15, 0.2) is 26.4 Å². The molecule has 2 aromatic rings. The third-order valence-corrected chi connectivity index (χ3v) is 4.10. The van der Waals surface area contributed by atoms with Crippen molar-refractivity contribution in [3.8, 4) is 11.5 Å². The van der Waals surface area contributed by atoms with E-state index in [-0.39, 0.29) is 11.2 Å². The van der Waals surface area contributed by atoms with Crippen LogP contribution in [0.3, 0.4) is 0 Å². The van der Waals surface area contributed by atoms with Gasteiger partial charge in [0.2, 0.25) is 5.91 Å². The molecule has 0 radical (unpaired) electrons. The van der Waals surface area contributed by atoms with E-state index in [9.17, 15) is 4.79 Å². The first-order valence-electron chi connectivity index (χ1n) is 7.29. The van der Waals surface area contributed by atoms with Crippen molar-refractivity contribution in [2.75, 3.05) is 6.54 Å². The molecule has 1 unspecified atom stereocenters. The molecule has 0 saturated heterocycles. The van der Waals surface area contributed by atoms with E-state index >= 15 is 0 Å². The highest BCUT2D eigenvalue weighted by Crippen LogP contribution is 2.28. The van der Waals surface area contributed by atoms with Gasteiger partial charge in [0.05, 0.1) is 17.1 Å². The number of aryl methyl sites for hydroxylation is 1. The molecule has 22 heavy (non-hydrogen) atoms. The maximum absolute atomic E-state index is 12.0. The lowest BCUT2D eigenvalue weighted by molar-refractivity contribution is -0.120. The molecule has 2 rings (SSSR count). The monoisotopic (exact) mass is 323 g/mol. The molecule has 0 saturated carbocycles. The van der Waals surface area contributed by atoms with Gasteiger partial charge >= 0.3 is 0 Å². The second-order valence-corrected chi connectivity index (χ2v) is 6.79. The van der Waals surface area contributed by atoms with E-state index < -0.39 is 0 Å². The van der Waals surface area contributed by atoms with Gasteiger partial charge in [-0.1, -0.05) is 25.6 Å². The summed E-state index contributed by atoms with van der Waals surface area (Å²) in [5.74, 6) is 1.67. The molecule has 0 aliphatic carbocycles. The molecule has 0 fully saturated rings. The lowest BCUT2D eigenvalue weighted by Crippen LogP contribution is -2.32. The largest absolute Gasteiger partial charge is 0.469 e. The first-order chi connectivity index (χ1) is 10.5. The van der Waals surface area contributed by atoms with Crippen LogP contribution in [0.1, 0.15) is 33.0 Å². The van der Waals surface area contributed by atoms with E-state index in [1.807, 2.05) is 13.8 Å². The number of nitrogens with zero attached hydrogens (tertiary/aromatic N) is 2. The van der Waals surface area contributed by atoms with Gasteiger partial charge in [0.25, 0.3) is 11.1 Å². The van der Waals surface area contributed by atoms with E-state index in [0.29, 0.717) is 23.6 Å². The number of rotatable bonds is 7. The van der Waals surface area contributed by atoms with E-state index in [0.717, 1.165) is 17.7 Å². The van der Waals surface area contributed by atoms with Gasteiger partial charge in [-0.3, -0.25) is 4.79 Å². The summed E-state index contributed by atoms with van der Waals surface area (Å²) in [5.41, 5.74) is 0.772. The molecule has 0 spiro atoms. The van der Waals surface area contributed by atoms with E-state index in [2.05, 4.69) is 29.4 Å². The molecule has 0 aliphatic heterocycles. The zero-order valence-corrected chi connectivity index (χ0v) is 14.1. The van der Waals surface area contributed by atoms with Gasteiger partial charge in [-0.05, 0) is 32.3 Å². The second-order valence-electron chi connectivity index (χ2n) is 5.50. The molecule has 1 amide bonds. The summed E-state index contributed by atoms with van der Waals surface area (Å²) in [4.78, 5) is 12.0. The topological polar surface area (TPSA) is 81.2 Å². The van der Waals surface area contributed by atoms with Crippen molar-refractivity contribution in [3.05, 3.63) is 18.1 Å². The maximum atomic E-state index is 12.0. The molecule has 2 heterocycles. The maximum Gasteiger partial charge on any atom is 0.277 e. The van der Waals surface area contributed by atoms with Crippen LogP contribution in [0.25, 0.3) is 11.5 Å². The lowest BCUT2D eigenvalue weighted by atomic mass is 10.1. The Morgan fingerprint density at radius 2 is 2.14 bits per heavy atom. The normalized spacial score (nSPS) is 12.6. The van der Waals surface area contributed by atoms with Crippen LogP contribution in [-0.4, -0.2) is 27.9 Å². The first-order valence-corrected chi connectivity index (χ1v) is 8.17. The Morgan fingerprint density at radius 1 is 1.36 bits per heavy atom. The number of thioether (sulfide) groups is 1. The van der Waals surface area contributed by atoms with Crippen molar-refractivity contribution in [1.29, 1.82) is 0 Å². The van der Waals surface area contributed by atoms with Crippen molar-refractivity contribution >= 4 is 17.7 Å². The minimum Gasteiger partial charge on any atom is -0.469 e. The average molecular weight is 323 g/mol. The fourth-order valence-electron chi connectivity index (χ4n) is 1.81. The number of carbonyl (C=O) groups excluding carboxylic acids is 1.